The molecule has 0 fully saturated rings. The second-order valence-corrected chi connectivity index (χ2v) is 14.1. The summed E-state index contributed by atoms with van der Waals surface area (Å²) in [7, 11) is 0. The summed E-state index contributed by atoms with van der Waals surface area (Å²) in [5.74, 6) is -1.56. The number of fused-ring (bicyclic) bond motifs is 1. The highest BCUT2D eigenvalue weighted by Crippen LogP contribution is 2.45. The molecule has 50 heavy (non-hydrogen) atoms. The fraction of sp³-hybridized carbons (Fsp3) is 0.537. The Morgan fingerprint density at radius 2 is 1.48 bits per heavy atom. The topological polar surface area (TPSA) is 114 Å². The van der Waals surface area contributed by atoms with Crippen LogP contribution in [0.4, 0.5) is 0 Å². The molecule has 2 aromatic carbocycles. The normalized spacial score (nSPS) is 14.7. The first-order chi connectivity index (χ1) is 24.4. The van der Waals surface area contributed by atoms with E-state index in [2.05, 4.69) is 28.3 Å². The maximum atomic E-state index is 13.6. The standard InChI is InChI=1S/C41H57N3O5S/c1-5-8-9-10-11-12-13-14-15-16-17-18-19-23-30-24-22-27-34(48-6-2)36(30)38-35(40(47)49-7-3)29(4)42-33(37(38)39(45)46)28-50-41-43-31-25-20-21-26-32(31)44-41/h20-22,24-27,38,42H,5-19,23,28H2,1-4H3,(H,43,44)(H,45,46). The lowest BCUT2D eigenvalue weighted by Gasteiger charge is -2.32. The van der Waals surface area contributed by atoms with E-state index in [4.69, 9.17) is 9.47 Å². The molecular weight excluding hydrogens is 647 g/mol. The zero-order valence-corrected chi connectivity index (χ0v) is 31.4. The van der Waals surface area contributed by atoms with Gasteiger partial charge in [-0.3, -0.25) is 0 Å². The first kappa shape index (κ1) is 39.1. The summed E-state index contributed by atoms with van der Waals surface area (Å²) in [4.78, 5) is 34.9. The SMILES string of the molecule is CCCCCCCCCCCCCCCc1cccc(OCC)c1C1C(C(=O)OCC)=C(C)NC(CSc2nc3ccccc3[nH]2)=C1C(=O)O. The molecule has 272 valence electrons. The van der Waals surface area contributed by atoms with Crippen molar-refractivity contribution < 1.29 is 24.2 Å². The van der Waals surface area contributed by atoms with Gasteiger partial charge in [-0.1, -0.05) is 120 Å². The number of benzene rings is 2. The number of aliphatic carboxylic acids is 1. The molecule has 1 aromatic heterocycles. The summed E-state index contributed by atoms with van der Waals surface area (Å²) in [6.45, 7) is 8.36. The third-order valence-electron chi connectivity index (χ3n) is 9.39. The molecular formula is C41H57N3O5S. The molecule has 9 heteroatoms. The Morgan fingerprint density at radius 3 is 2.10 bits per heavy atom. The molecule has 0 saturated heterocycles. The van der Waals surface area contributed by atoms with Crippen LogP contribution in [0.2, 0.25) is 0 Å². The molecule has 0 saturated carbocycles. The summed E-state index contributed by atoms with van der Waals surface area (Å²) in [5.41, 5.74) is 5.04. The van der Waals surface area contributed by atoms with Crippen LogP contribution >= 0.6 is 11.8 Å². The van der Waals surface area contributed by atoms with E-state index in [-0.39, 0.29) is 12.2 Å². The molecule has 1 aliphatic heterocycles. The number of dihydropyridines is 1. The van der Waals surface area contributed by atoms with Gasteiger partial charge in [-0.25, -0.2) is 14.6 Å². The van der Waals surface area contributed by atoms with Gasteiger partial charge in [0, 0.05) is 22.7 Å². The van der Waals surface area contributed by atoms with E-state index in [1.807, 2.05) is 50.2 Å². The number of unbranched alkanes of at least 4 members (excludes halogenated alkanes) is 12. The lowest BCUT2D eigenvalue weighted by Crippen LogP contribution is -2.34. The second-order valence-electron chi connectivity index (χ2n) is 13.1. The maximum absolute atomic E-state index is 13.6. The number of carboxylic acids is 1. The van der Waals surface area contributed by atoms with Crippen molar-refractivity contribution in [2.45, 2.75) is 129 Å². The van der Waals surface area contributed by atoms with Crippen LogP contribution in [0.25, 0.3) is 11.0 Å². The molecule has 4 rings (SSSR count). The van der Waals surface area contributed by atoms with Crippen LogP contribution in [0.15, 0.2) is 70.2 Å². The number of aryl methyl sites for hydroxylation is 1. The molecule has 8 nitrogen and oxygen atoms in total. The number of carbonyl (C=O) groups is 2. The third-order valence-corrected chi connectivity index (χ3v) is 10.3. The number of para-hydroxylation sites is 2. The number of nitrogens with zero attached hydrogens (tertiary/aromatic N) is 1. The summed E-state index contributed by atoms with van der Waals surface area (Å²) in [5, 5.41) is 14.8. The molecule has 1 aliphatic rings. The maximum Gasteiger partial charge on any atom is 0.336 e. The van der Waals surface area contributed by atoms with E-state index in [9.17, 15) is 14.7 Å². The number of imidazole rings is 1. The van der Waals surface area contributed by atoms with Crippen molar-refractivity contribution in [2.75, 3.05) is 19.0 Å². The highest BCUT2D eigenvalue weighted by Gasteiger charge is 2.40. The Labute approximate surface area is 302 Å². The number of carboxylic acid groups (broad SMARTS) is 1. The van der Waals surface area contributed by atoms with Gasteiger partial charge in [0.1, 0.15) is 5.75 Å². The van der Waals surface area contributed by atoms with Crippen molar-refractivity contribution in [1.29, 1.82) is 0 Å². The van der Waals surface area contributed by atoms with Crippen molar-refractivity contribution in [2.24, 2.45) is 0 Å². The van der Waals surface area contributed by atoms with Gasteiger partial charge >= 0.3 is 11.9 Å². The Bertz CT molecular complexity index is 1580. The third kappa shape index (κ3) is 10.9. The molecule has 0 bridgehead atoms. The average Bonchev–Trinajstić information content (AvgIpc) is 3.52. The first-order valence-electron chi connectivity index (χ1n) is 18.8. The smallest absolute Gasteiger partial charge is 0.336 e. The number of H-pyrrole nitrogens is 1. The highest BCUT2D eigenvalue weighted by molar-refractivity contribution is 7.99. The van der Waals surface area contributed by atoms with Gasteiger partial charge in [0.2, 0.25) is 0 Å². The Kier molecular flexibility index (Phi) is 16.3. The van der Waals surface area contributed by atoms with E-state index in [0.29, 0.717) is 40.2 Å². The van der Waals surface area contributed by atoms with Gasteiger partial charge in [0.05, 0.1) is 41.3 Å². The minimum Gasteiger partial charge on any atom is -0.494 e. The van der Waals surface area contributed by atoms with Crippen LogP contribution in [0.1, 0.15) is 128 Å². The number of hydrogen-bond donors (Lipinski definition) is 3. The Hall–Kier alpha value is -3.72. The number of nitrogens with one attached hydrogen (secondary N) is 2. The Morgan fingerprint density at radius 1 is 0.820 bits per heavy atom. The molecule has 3 N–H and O–H groups in total. The monoisotopic (exact) mass is 703 g/mol. The number of ether oxygens (including phenoxy) is 2. The molecule has 0 amide bonds. The second kappa shape index (κ2) is 20.8. The number of rotatable bonds is 23. The van der Waals surface area contributed by atoms with E-state index >= 15 is 0 Å². The van der Waals surface area contributed by atoms with Crippen LogP contribution in [0.5, 0.6) is 5.75 Å². The Balaban J connectivity index is 1.54. The lowest BCUT2D eigenvalue weighted by atomic mass is 9.77. The summed E-state index contributed by atoms with van der Waals surface area (Å²) >= 11 is 1.42. The number of aromatic nitrogens is 2. The van der Waals surface area contributed by atoms with Crippen molar-refractivity contribution in [3.8, 4) is 5.75 Å². The largest absolute Gasteiger partial charge is 0.494 e. The summed E-state index contributed by atoms with van der Waals surface area (Å²) < 4.78 is 11.7. The van der Waals surface area contributed by atoms with Crippen LogP contribution in [0, 0.1) is 0 Å². The van der Waals surface area contributed by atoms with Gasteiger partial charge in [-0.2, -0.15) is 0 Å². The molecule has 0 aliphatic carbocycles. The van der Waals surface area contributed by atoms with Crippen LogP contribution in [0.3, 0.4) is 0 Å². The lowest BCUT2D eigenvalue weighted by molar-refractivity contribution is -0.138. The van der Waals surface area contributed by atoms with Crippen molar-refractivity contribution in [3.05, 3.63) is 76.1 Å². The molecule has 2 heterocycles. The predicted molar refractivity (Wildman–Crippen MR) is 204 cm³/mol. The van der Waals surface area contributed by atoms with Gasteiger partial charge in [0.25, 0.3) is 0 Å². The van der Waals surface area contributed by atoms with E-state index < -0.39 is 17.9 Å². The minimum absolute atomic E-state index is 0.126. The van der Waals surface area contributed by atoms with E-state index in [0.717, 1.165) is 41.4 Å². The molecule has 0 radical (unpaired) electrons. The summed E-state index contributed by atoms with van der Waals surface area (Å²) in [6, 6.07) is 13.7. The van der Waals surface area contributed by atoms with Crippen molar-refractivity contribution in [3.63, 3.8) is 0 Å². The molecule has 1 atom stereocenters. The fourth-order valence-corrected chi connectivity index (χ4v) is 7.77. The van der Waals surface area contributed by atoms with Gasteiger partial charge in [-0.05, 0) is 57.4 Å². The molecule has 1 unspecified atom stereocenters. The highest BCUT2D eigenvalue weighted by atomic mass is 32.2. The van der Waals surface area contributed by atoms with Crippen LogP contribution < -0.4 is 10.1 Å². The fourth-order valence-electron chi connectivity index (χ4n) is 6.92. The average molecular weight is 704 g/mol. The van der Waals surface area contributed by atoms with Crippen LogP contribution in [-0.4, -0.2) is 46.0 Å². The van der Waals surface area contributed by atoms with Gasteiger partial charge in [-0.15, -0.1) is 0 Å². The number of aromatic amines is 1. The number of thioether (sulfide) groups is 1. The van der Waals surface area contributed by atoms with Gasteiger partial charge < -0.3 is 24.9 Å². The predicted octanol–water partition coefficient (Wildman–Crippen LogP) is 10.3. The first-order valence-corrected chi connectivity index (χ1v) is 19.8. The number of esters is 1. The summed E-state index contributed by atoms with van der Waals surface area (Å²) in [6.07, 6.45) is 17.3. The van der Waals surface area contributed by atoms with E-state index in [1.165, 1.54) is 82.4 Å². The van der Waals surface area contributed by atoms with Crippen molar-refractivity contribution >= 4 is 34.7 Å². The van der Waals surface area contributed by atoms with E-state index in [1.54, 1.807) is 6.92 Å². The van der Waals surface area contributed by atoms with Crippen molar-refractivity contribution in [1.82, 2.24) is 15.3 Å². The number of hydrogen-bond acceptors (Lipinski definition) is 7. The quantitative estimate of drug-likeness (QED) is 0.0508. The minimum atomic E-state index is -1.09. The molecule has 0 spiro atoms. The molecule has 3 aromatic rings. The number of allylic oxidation sites excluding steroid dienone is 1. The zero-order chi connectivity index (χ0) is 35.7. The van der Waals surface area contributed by atoms with Crippen LogP contribution in [-0.2, 0) is 20.7 Å². The number of carbonyl (C=O) groups excluding carboxylic acids is 1. The zero-order valence-electron chi connectivity index (χ0n) is 30.6. The van der Waals surface area contributed by atoms with Gasteiger partial charge in [0.15, 0.2) is 5.16 Å².